The number of hydrogen-bond acceptors (Lipinski definition) is 0. The molecule has 0 atom stereocenters. The van der Waals surface area contributed by atoms with Crippen molar-refractivity contribution in [2.75, 3.05) is 0 Å². The molecule has 0 heterocycles. The van der Waals surface area contributed by atoms with Gasteiger partial charge in [0.2, 0.25) is 0 Å². The molecule has 0 bridgehead atoms. The Kier molecular flexibility index (Phi) is 2.56. The Morgan fingerprint density at radius 3 is 2.33 bits per heavy atom. The van der Waals surface area contributed by atoms with E-state index in [9.17, 15) is 0 Å². The van der Waals surface area contributed by atoms with Crippen molar-refractivity contribution in [3.05, 3.63) is 32.2 Å². The smallest absolute Gasteiger partial charge is 0.0559 e. The van der Waals surface area contributed by atoms with Crippen molar-refractivity contribution < 1.29 is 0 Å². The van der Waals surface area contributed by atoms with Gasteiger partial charge in [0.1, 0.15) is 0 Å². The van der Waals surface area contributed by atoms with E-state index in [1.807, 2.05) is 18.2 Å². The molecule has 0 saturated carbocycles. The normalized spacial score (nSPS) is 9.67. The summed E-state index contributed by atoms with van der Waals surface area (Å²) in [6.45, 7) is 0. The monoisotopic (exact) mass is 268 g/mol. The fourth-order valence-electron chi connectivity index (χ4n) is 0.470. The van der Waals surface area contributed by atoms with Crippen molar-refractivity contribution in [2.45, 2.75) is 0 Å². The fraction of sp³-hybridized carbons (Fsp3) is 0. The van der Waals surface area contributed by atoms with Crippen molar-refractivity contribution in [3.63, 3.8) is 0 Å². The van der Waals surface area contributed by atoms with E-state index in [0.717, 1.165) is 14.0 Å². The quantitative estimate of drug-likeness (QED) is 0.628. The molecule has 0 amide bonds. The Morgan fingerprint density at radius 1 is 1.22 bits per heavy atom. The van der Waals surface area contributed by atoms with Gasteiger partial charge >= 0.3 is 0 Å². The summed E-state index contributed by atoms with van der Waals surface area (Å²) in [5.74, 6) is 0. The van der Waals surface area contributed by atoms with Crippen molar-refractivity contribution in [2.24, 2.45) is 0 Å². The molecule has 48 valence electrons. The van der Waals surface area contributed by atoms with E-state index in [4.69, 9.17) is 11.6 Å². The fourth-order valence-corrected chi connectivity index (χ4v) is 1.39. The van der Waals surface area contributed by atoms with E-state index in [1.165, 1.54) is 0 Å². The maximum Gasteiger partial charge on any atom is 0.0559 e. The summed E-state index contributed by atoms with van der Waals surface area (Å²) in [7, 11) is 0. The number of benzene rings is 1. The average Bonchev–Trinajstić information content (AvgIpc) is 1.80. The highest BCUT2D eigenvalue weighted by Crippen LogP contribution is 2.25. The van der Waals surface area contributed by atoms with E-state index < -0.39 is 0 Å². The van der Waals surface area contributed by atoms with E-state index in [-0.39, 0.29) is 0 Å². The Bertz CT molecular complexity index is 222. The molecule has 9 heavy (non-hydrogen) atoms. The van der Waals surface area contributed by atoms with Crippen molar-refractivity contribution in [1.29, 1.82) is 0 Å². The number of rotatable bonds is 0. The zero-order valence-electron chi connectivity index (χ0n) is 4.37. The molecule has 0 nitrogen and oxygen atoms in total. The van der Waals surface area contributed by atoms with E-state index in [0.29, 0.717) is 0 Å². The van der Waals surface area contributed by atoms with Gasteiger partial charge in [-0.1, -0.05) is 27.5 Å². The summed E-state index contributed by atoms with van der Waals surface area (Å²) < 4.78 is 1.92. The molecule has 0 aliphatic rings. The molecule has 0 saturated heterocycles. The largest absolute Gasteiger partial charge is 0.0831 e. The van der Waals surface area contributed by atoms with Crippen LogP contribution in [0.15, 0.2) is 27.1 Å². The van der Waals surface area contributed by atoms with Crippen molar-refractivity contribution in [3.8, 4) is 0 Å². The second-order valence-electron chi connectivity index (χ2n) is 1.56. The summed E-state index contributed by atoms with van der Waals surface area (Å²) in [5.41, 5.74) is 0. The first-order valence-electron chi connectivity index (χ1n) is 2.30. The number of halogens is 3. The third kappa shape index (κ3) is 1.95. The third-order valence-corrected chi connectivity index (χ3v) is 2.61. The van der Waals surface area contributed by atoms with Gasteiger partial charge in [-0.2, -0.15) is 0 Å². The summed E-state index contributed by atoms with van der Waals surface area (Å²) in [4.78, 5) is 0. The predicted octanol–water partition coefficient (Wildman–Crippen LogP) is 3.87. The number of hydrogen-bond donors (Lipinski definition) is 0. The standard InChI is InChI=1S/C6H3Br2Cl/c7-4-1-2-5(8)6(9)3-4/h1-3H. The van der Waals surface area contributed by atoms with Crippen LogP contribution in [-0.4, -0.2) is 0 Å². The van der Waals surface area contributed by atoms with Gasteiger partial charge in [-0.25, -0.2) is 0 Å². The Morgan fingerprint density at radius 2 is 1.89 bits per heavy atom. The van der Waals surface area contributed by atoms with Crippen LogP contribution in [0.4, 0.5) is 0 Å². The third-order valence-electron chi connectivity index (χ3n) is 0.882. The molecule has 1 aromatic carbocycles. The lowest BCUT2D eigenvalue weighted by atomic mass is 10.4. The molecule has 0 aliphatic carbocycles. The summed E-state index contributed by atoms with van der Waals surface area (Å²) in [6, 6.07) is 5.66. The molecule has 0 spiro atoms. The van der Waals surface area contributed by atoms with Crippen LogP contribution >= 0.6 is 43.5 Å². The summed E-state index contributed by atoms with van der Waals surface area (Å²) >= 11 is 12.3. The van der Waals surface area contributed by atoms with Gasteiger partial charge in [0.25, 0.3) is 0 Å². The summed E-state index contributed by atoms with van der Waals surface area (Å²) in [5, 5.41) is 0.726. The van der Waals surface area contributed by atoms with Crippen LogP contribution in [0.3, 0.4) is 0 Å². The minimum atomic E-state index is 0.726. The Balaban J connectivity index is 3.17. The second-order valence-corrected chi connectivity index (χ2v) is 3.74. The van der Waals surface area contributed by atoms with Gasteiger partial charge in [-0.15, -0.1) is 0 Å². The molecule has 0 radical (unpaired) electrons. The zero-order chi connectivity index (χ0) is 6.85. The molecule has 0 aromatic heterocycles. The Labute approximate surface area is 75.5 Å². The van der Waals surface area contributed by atoms with Gasteiger partial charge in [-0.05, 0) is 34.1 Å². The topological polar surface area (TPSA) is 0 Å². The Hall–Kier alpha value is 0.470. The van der Waals surface area contributed by atoms with Crippen LogP contribution in [0.5, 0.6) is 0 Å². The van der Waals surface area contributed by atoms with Crippen LogP contribution in [0, 0.1) is 0 Å². The lowest BCUT2D eigenvalue weighted by molar-refractivity contribution is 1.60. The first kappa shape index (κ1) is 7.58. The lowest BCUT2D eigenvalue weighted by Gasteiger charge is -1.93. The van der Waals surface area contributed by atoms with E-state index in [2.05, 4.69) is 31.9 Å². The molecule has 0 aliphatic heterocycles. The van der Waals surface area contributed by atoms with E-state index in [1.54, 1.807) is 0 Å². The van der Waals surface area contributed by atoms with Gasteiger partial charge in [0.15, 0.2) is 0 Å². The zero-order valence-corrected chi connectivity index (χ0v) is 8.29. The van der Waals surface area contributed by atoms with Gasteiger partial charge in [0, 0.05) is 8.95 Å². The highest BCUT2D eigenvalue weighted by atomic mass is 79.9. The SMILES string of the molecule is Clc1cc(Br)ccc1Br. The van der Waals surface area contributed by atoms with Crippen LogP contribution in [-0.2, 0) is 0 Å². The molecule has 0 N–H and O–H groups in total. The molecule has 0 unspecified atom stereocenters. The lowest BCUT2D eigenvalue weighted by Crippen LogP contribution is -1.67. The maximum atomic E-state index is 5.74. The molecule has 3 heteroatoms. The van der Waals surface area contributed by atoms with E-state index >= 15 is 0 Å². The first-order chi connectivity index (χ1) is 4.20. The second kappa shape index (κ2) is 3.04. The first-order valence-corrected chi connectivity index (χ1v) is 4.27. The molecular formula is C6H3Br2Cl. The molecule has 1 rings (SSSR count). The van der Waals surface area contributed by atoms with Crippen molar-refractivity contribution >= 4 is 43.5 Å². The van der Waals surface area contributed by atoms with Crippen LogP contribution < -0.4 is 0 Å². The molecule has 0 fully saturated rings. The van der Waals surface area contributed by atoms with Crippen LogP contribution in [0.2, 0.25) is 5.02 Å². The van der Waals surface area contributed by atoms with Gasteiger partial charge in [0.05, 0.1) is 5.02 Å². The summed E-state index contributed by atoms with van der Waals surface area (Å²) in [6.07, 6.45) is 0. The highest BCUT2D eigenvalue weighted by Gasteiger charge is 1.94. The minimum absolute atomic E-state index is 0.726. The average molecular weight is 270 g/mol. The molecular weight excluding hydrogens is 267 g/mol. The highest BCUT2D eigenvalue weighted by molar-refractivity contribution is 9.11. The maximum absolute atomic E-state index is 5.74. The van der Waals surface area contributed by atoms with Crippen molar-refractivity contribution in [1.82, 2.24) is 0 Å². The van der Waals surface area contributed by atoms with Crippen LogP contribution in [0.25, 0.3) is 0 Å². The van der Waals surface area contributed by atoms with Crippen LogP contribution in [0.1, 0.15) is 0 Å². The van der Waals surface area contributed by atoms with Gasteiger partial charge < -0.3 is 0 Å². The van der Waals surface area contributed by atoms with Gasteiger partial charge in [-0.3, -0.25) is 0 Å². The molecule has 1 aromatic rings. The predicted molar refractivity (Wildman–Crippen MR) is 46.9 cm³/mol. The minimum Gasteiger partial charge on any atom is -0.0831 e.